The topological polar surface area (TPSA) is 15.3 Å². The fourth-order valence-corrected chi connectivity index (χ4v) is 4.10. The maximum Gasteiger partial charge on any atom is 0.0122 e. The fourth-order valence-electron chi connectivity index (χ4n) is 4.10. The first-order chi connectivity index (χ1) is 9.10. The Labute approximate surface area is 120 Å². The van der Waals surface area contributed by atoms with E-state index in [1.165, 1.54) is 51.5 Å². The Hall–Kier alpha value is -0.0800. The number of hydrogen-bond donors (Lipinski definition) is 1. The van der Waals surface area contributed by atoms with E-state index in [9.17, 15) is 0 Å². The third-order valence-electron chi connectivity index (χ3n) is 5.60. The molecule has 1 aliphatic heterocycles. The number of likely N-dealkylation sites (tertiary alicyclic amines) is 1. The van der Waals surface area contributed by atoms with Crippen LogP contribution in [0.1, 0.15) is 65.7 Å². The molecule has 1 saturated carbocycles. The summed E-state index contributed by atoms with van der Waals surface area (Å²) in [6.45, 7) is 8.37. The van der Waals surface area contributed by atoms with Gasteiger partial charge in [0, 0.05) is 24.7 Å². The SMILES string of the molecule is CCCC1CCC(NC2CC(C)N(C)CC2C)CC1. The second kappa shape index (κ2) is 7.08. The highest BCUT2D eigenvalue weighted by atomic mass is 15.2. The van der Waals surface area contributed by atoms with Crippen LogP contribution < -0.4 is 5.32 Å². The summed E-state index contributed by atoms with van der Waals surface area (Å²) < 4.78 is 0. The quantitative estimate of drug-likeness (QED) is 0.835. The van der Waals surface area contributed by atoms with Gasteiger partial charge in [0.15, 0.2) is 0 Å². The number of piperidine rings is 1. The van der Waals surface area contributed by atoms with Gasteiger partial charge in [-0.2, -0.15) is 0 Å². The molecule has 1 heterocycles. The molecule has 2 aliphatic rings. The summed E-state index contributed by atoms with van der Waals surface area (Å²) in [7, 11) is 2.27. The molecule has 2 nitrogen and oxygen atoms in total. The Morgan fingerprint density at radius 1 is 1.11 bits per heavy atom. The van der Waals surface area contributed by atoms with E-state index in [2.05, 4.69) is 38.0 Å². The zero-order valence-electron chi connectivity index (χ0n) is 13.5. The average Bonchev–Trinajstić information content (AvgIpc) is 2.38. The Bertz CT molecular complexity index is 258. The van der Waals surface area contributed by atoms with Gasteiger partial charge in [0.25, 0.3) is 0 Å². The summed E-state index contributed by atoms with van der Waals surface area (Å²) in [5.74, 6) is 1.83. The van der Waals surface area contributed by atoms with Crippen molar-refractivity contribution < 1.29 is 0 Å². The minimum atomic E-state index is 0.741. The van der Waals surface area contributed by atoms with Gasteiger partial charge in [0.05, 0.1) is 0 Å². The van der Waals surface area contributed by atoms with E-state index in [4.69, 9.17) is 0 Å². The molecular weight excluding hydrogens is 232 g/mol. The maximum absolute atomic E-state index is 3.99. The summed E-state index contributed by atoms with van der Waals surface area (Å²) in [4.78, 5) is 2.51. The Morgan fingerprint density at radius 2 is 1.79 bits per heavy atom. The van der Waals surface area contributed by atoms with Crippen LogP contribution in [-0.4, -0.2) is 36.6 Å². The monoisotopic (exact) mass is 266 g/mol. The first-order valence-electron chi connectivity index (χ1n) is 8.56. The highest BCUT2D eigenvalue weighted by molar-refractivity contribution is 4.89. The predicted octanol–water partition coefficient (Wildman–Crippen LogP) is 3.66. The maximum atomic E-state index is 3.99. The normalized spacial score (nSPS) is 41.4. The van der Waals surface area contributed by atoms with Crippen molar-refractivity contribution in [3.63, 3.8) is 0 Å². The molecular formula is C17H34N2. The highest BCUT2D eigenvalue weighted by Crippen LogP contribution is 2.29. The van der Waals surface area contributed by atoms with E-state index in [0.717, 1.165) is 30.0 Å². The molecule has 2 fully saturated rings. The summed E-state index contributed by atoms with van der Waals surface area (Å²) in [5.41, 5.74) is 0. The van der Waals surface area contributed by atoms with Crippen molar-refractivity contribution in [1.82, 2.24) is 10.2 Å². The van der Waals surface area contributed by atoms with Crippen LogP contribution in [0.15, 0.2) is 0 Å². The molecule has 0 bridgehead atoms. The van der Waals surface area contributed by atoms with Crippen LogP contribution in [0.3, 0.4) is 0 Å². The van der Waals surface area contributed by atoms with Gasteiger partial charge in [-0.25, -0.2) is 0 Å². The zero-order chi connectivity index (χ0) is 13.8. The van der Waals surface area contributed by atoms with Crippen molar-refractivity contribution in [3.05, 3.63) is 0 Å². The zero-order valence-corrected chi connectivity index (χ0v) is 13.5. The van der Waals surface area contributed by atoms with Crippen LogP contribution in [0.2, 0.25) is 0 Å². The number of hydrogen-bond acceptors (Lipinski definition) is 2. The smallest absolute Gasteiger partial charge is 0.0122 e. The molecule has 0 radical (unpaired) electrons. The van der Waals surface area contributed by atoms with Gasteiger partial charge in [0.1, 0.15) is 0 Å². The standard InChI is InChI=1S/C17H34N2/c1-5-6-15-7-9-16(10-8-15)18-17-11-14(3)19(4)12-13(17)2/h13-18H,5-12H2,1-4H3. The molecule has 0 amide bonds. The van der Waals surface area contributed by atoms with Crippen molar-refractivity contribution in [1.29, 1.82) is 0 Å². The lowest BCUT2D eigenvalue weighted by Crippen LogP contribution is -2.53. The molecule has 0 aromatic heterocycles. The fraction of sp³-hybridized carbons (Fsp3) is 1.00. The first-order valence-corrected chi connectivity index (χ1v) is 8.56. The summed E-state index contributed by atoms with van der Waals surface area (Å²) >= 11 is 0. The van der Waals surface area contributed by atoms with Gasteiger partial charge in [-0.05, 0) is 57.9 Å². The van der Waals surface area contributed by atoms with Gasteiger partial charge in [-0.15, -0.1) is 0 Å². The molecule has 19 heavy (non-hydrogen) atoms. The summed E-state index contributed by atoms with van der Waals surface area (Å²) in [6.07, 6.45) is 9.90. The van der Waals surface area contributed by atoms with E-state index in [-0.39, 0.29) is 0 Å². The van der Waals surface area contributed by atoms with Gasteiger partial charge < -0.3 is 10.2 Å². The summed E-state index contributed by atoms with van der Waals surface area (Å²) in [5, 5.41) is 3.99. The van der Waals surface area contributed by atoms with Crippen LogP contribution in [-0.2, 0) is 0 Å². The molecule has 1 aliphatic carbocycles. The molecule has 2 heteroatoms. The van der Waals surface area contributed by atoms with Gasteiger partial charge in [-0.1, -0.05) is 26.7 Å². The molecule has 0 aromatic rings. The Balaban J connectivity index is 1.76. The second-order valence-corrected chi connectivity index (χ2v) is 7.28. The van der Waals surface area contributed by atoms with Crippen molar-refractivity contribution >= 4 is 0 Å². The van der Waals surface area contributed by atoms with Crippen molar-refractivity contribution in [3.8, 4) is 0 Å². The van der Waals surface area contributed by atoms with Crippen LogP contribution in [0.5, 0.6) is 0 Å². The van der Waals surface area contributed by atoms with Crippen LogP contribution in [0.4, 0.5) is 0 Å². The molecule has 3 atom stereocenters. The van der Waals surface area contributed by atoms with Crippen LogP contribution in [0, 0.1) is 11.8 Å². The minimum Gasteiger partial charge on any atom is -0.311 e. The van der Waals surface area contributed by atoms with Gasteiger partial charge in [0.2, 0.25) is 0 Å². The van der Waals surface area contributed by atoms with E-state index < -0.39 is 0 Å². The number of nitrogens with one attached hydrogen (secondary N) is 1. The number of rotatable bonds is 4. The third-order valence-corrected chi connectivity index (χ3v) is 5.60. The second-order valence-electron chi connectivity index (χ2n) is 7.28. The number of nitrogens with zero attached hydrogens (tertiary/aromatic N) is 1. The molecule has 1 N–H and O–H groups in total. The van der Waals surface area contributed by atoms with Gasteiger partial charge >= 0.3 is 0 Å². The molecule has 2 rings (SSSR count). The predicted molar refractivity (Wildman–Crippen MR) is 83.5 cm³/mol. The van der Waals surface area contributed by atoms with Crippen molar-refractivity contribution in [2.75, 3.05) is 13.6 Å². The minimum absolute atomic E-state index is 0.741. The Morgan fingerprint density at radius 3 is 2.42 bits per heavy atom. The highest BCUT2D eigenvalue weighted by Gasteiger charge is 2.31. The first kappa shape index (κ1) is 15.3. The van der Waals surface area contributed by atoms with E-state index in [0.29, 0.717) is 0 Å². The van der Waals surface area contributed by atoms with Crippen LogP contribution >= 0.6 is 0 Å². The lowest BCUT2D eigenvalue weighted by Gasteiger charge is -2.42. The lowest BCUT2D eigenvalue weighted by atomic mass is 9.82. The van der Waals surface area contributed by atoms with E-state index in [1.807, 2.05) is 0 Å². The van der Waals surface area contributed by atoms with Crippen molar-refractivity contribution in [2.24, 2.45) is 11.8 Å². The summed E-state index contributed by atoms with van der Waals surface area (Å²) in [6, 6.07) is 2.29. The molecule has 0 spiro atoms. The molecule has 1 saturated heterocycles. The van der Waals surface area contributed by atoms with E-state index >= 15 is 0 Å². The molecule has 3 unspecified atom stereocenters. The average molecular weight is 266 g/mol. The Kier molecular flexibility index (Phi) is 5.70. The molecule has 112 valence electrons. The van der Waals surface area contributed by atoms with Crippen molar-refractivity contribution in [2.45, 2.75) is 83.8 Å². The lowest BCUT2D eigenvalue weighted by molar-refractivity contribution is 0.108. The van der Waals surface area contributed by atoms with E-state index in [1.54, 1.807) is 0 Å². The van der Waals surface area contributed by atoms with Gasteiger partial charge in [-0.3, -0.25) is 0 Å². The van der Waals surface area contributed by atoms with Crippen LogP contribution in [0.25, 0.3) is 0 Å². The molecule has 0 aromatic carbocycles. The third kappa shape index (κ3) is 4.19. The largest absolute Gasteiger partial charge is 0.311 e.